The van der Waals surface area contributed by atoms with Crippen LogP contribution in [-0.2, 0) is 10.0 Å². The lowest BCUT2D eigenvalue weighted by Gasteiger charge is -2.19. The summed E-state index contributed by atoms with van der Waals surface area (Å²) in [4.78, 5) is 0.142. The quantitative estimate of drug-likeness (QED) is 0.876. The van der Waals surface area contributed by atoms with Crippen molar-refractivity contribution in [1.29, 1.82) is 5.26 Å². The summed E-state index contributed by atoms with van der Waals surface area (Å²) in [6, 6.07) is 6.38. The smallest absolute Gasteiger partial charge is 0.240 e. The molecule has 0 aromatic heterocycles. The van der Waals surface area contributed by atoms with Crippen molar-refractivity contribution in [2.24, 2.45) is 5.73 Å². The predicted molar refractivity (Wildman–Crippen MR) is 76.6 cm³/mol. The maximum absolute atomic E-state index is 12.0. The van der Waals surface area contributed by atoms with Crippen molar-refractivity contribution >= 4 is 22.4 Å². The Bertz CT molecular complexity index is 586. The first-order chi connectivity index (χ1) is 8.15. The average Bonchev–Trinajstić information content (AvgIpc) is 2.25. The molecule has 0 spiro atoms. The number of nitrogens with one attached hydrogen (secondary N) is 1. The second-order valence-electron chi connectivity index (χ2n) is 4.90. The molecule has 0 radical (unpaired) electrons. The molecule has 1 rings (SSSR count). The van der Waals surface area contributed by atoms with Crippen LogP contribution in [0.1, 0.15) is 25.0 Å². The number of hydrogen-bond acceptors (Lipinski definition) is 4. The van der Waals surface area contributed by atoms with Crippen molar-refractivity contribution in [2.45, 2.75) is 31.2 Å². The van der Waals surface area contributed by atoms with E-state index < -0.39 is 15.6 Å². The van der Waals surface area contributed by atoms with E-state index in [1.165, 1.54) is 18.2 Å². The third kappa shape index (κ3) is 5.17. The van der Waals surface area contributed by atoms with Gasteiger partial charge in [-0.3, -0.25) is 0 Å². The van der Waals surface area contributed by atoms with Gasteiger partial charge in [0.15, 0.2) is 0 Å². The first-order valence-corrected chi connectivity index (χ1v) is 6.93. The number of sulfonamides is 1. The monoisotopic (exact) mass is 303 g/mol. The Morgan fingerprint density at radius 3 is 2.42 bits per heavy atom. The second kappa shape index (κ2) is 6.35. The Balaban J connectivity index is 0.00000324. The van der Waals surface area contributed by atoms with Crippen LogP contribution in [-0.4, -0.2) is 20.5 Å². The normalized spacial score (nSPS) is 11.5. The van der Waals surface area contributed by atoms with Crippen LogP contribution in [0, 0.1) is 18.3 Å². The maximum atomic E-state index is 12.0. The van der Waals surface area contributed by atoms with E-state index in [9.17, 15) is 8.42 Å². The minimum atomic E-state index is -3.58. The van der Waals surface area contributed by atoms with Crippen LogP contribution in [0.5, 0.6) is 0 Å². The maximum Gasteiger partial charge on any atom is 0.240 e. The van der Waals surface area contributed by atoms with Crippen molar-refractivity contribution in [1.82, 2.24) is 4.72 Å². The molecule has 0 aliphatic rings. The Labute approximate surface area is 120 Å². The molecule has 0 saturated carbocycles. The van der Waals surface area contributed by atoms with Gasteiger partial charge in [0.25, 0.3) is 0 Å². The number of hydrogen-bond donors (Lipinski definition) is 2. The van der Waals surface area contributed by atoms with Crippen LogP contribution in [0.15, 0.2) is 23.1 Å². The fourth-order valence-electron chi connectivity index (χ4n) is 1.29. The first-order valence-electron chi connectivity index (χ1n) is 5.45. The van der Waals surface area contributed by atoms with E-state index >= 15 is 0 Å². The van der Waals surface area contributed by atoms with E-state index in [2.05, 4.69) is 4.72 Å². The van der Waals surface area contributed by atoms with Gasteiger partial charge in [0.2, 0.25) is 10.0 Å². The number of nitrogens with zero attached hydrogens (tertiary/aromatic N) is 1. The molecule has 106 valence electrons. The lowest BCUT2D eigenvalue weighted by atomic mass is 10.1. The molecular formula is C12H18ClN3O2S. The molecule has 1 aromatic rings. The predicted octanol–water partition coefficient (Wildman–Crippen LogP) is 1.30. The van der Waals surface area contributed by atoms with Gasteiger partial charge < -0.3 is 5.73 Å². The number of rotatable bonds is 4. The molecular weight excluding hydrogens is 286 g/mol. The van der Waals surface area contributed by atoms with E-state index in [0.29, 0.717) is 11.1 Å². The van der Waals surface area contributed by atoms with E-state index in [-0.39, 0.29) is 23.8 Å². The summed E-state index contributed by atoms with van der Waals surface area (Å²) < 4.78 is 26.4. The zero-order valence-corrected chi connectivity index (χ0v) is 12.7. The minimum absolute atomic E-state index is 0. The highest BCUT2D eigenvalue weighted by Crippen LogP contribution is 2.15. The standard InChI is InChI=1S/C12H17N3O2S.ClH/c1-9-6-11(5-4-10(9)7-13)18(16,17)15-8-12(2,3)14;/h4-6,15H,8,14H2,1-3H3;1H. The number of nitriles is 1. The fraction of sp³-hybridized carbons (Fsp3) is 0.417. The van der Waals surface area contributed by atoms with Crippen LogP contribution in [0.4, 0.5) is 0 Å². The summed E-state index contributed by atoms with van der Waals surface area (Å²) in [5, 5.41) is 8.79. The molecule has 0 bridgehead atoms. The Kier molecular flexibility index (Phi) is 5.97. The first kappa shape index (κ1) is 17.9. The topological polar surface area (TPSA) is 96.0 Å². The molecule has 0 atom stereocenters. The van der Waals surface area contributed by atoms with Gasteiger partial charge in [-0.15, -0.1) is 12.4 Å². The van der Waals surface area contributed by atoms with Gasteiger partial charge in [0, 0.05) is 12.1 Å². The van der Waals surface area contributed by atoms with Crippen LogP contribution < -0.4 is 10.5 Å². The third-order valence-electron chi connectivity index (χ3n) is 2.35. The summed E-state index contributed by atoms with van der Waals surface area (Å²) in [6.07, 6.45) is 0. The lowest BCUT2D eigenvalue weighted by molar-refractivity contribution is 0.498. The van der Waals surface area contributed by atoms with Gasteiger partial charge in [-0.2, -0.15) is 5.26 Å². The Morgan fingerprint density at radius 1 is 1.42 bits per heavy atom. The van der Waals surface area contributed by atoms with Gasteiger partial charge in [-0.1, -0.05) is 0 Å². The van der Waals surface area contributed by atoms with Crippen LogP contribution in [0.25, 0.3) is 0 Å². The largest absolute Gasteiger partial charge is 0.324 e. The van der Waals surface area contributed by atoms with E-state index in [0.717, 1.165) is 0 Å². The van der Waals surface area contributed by atoms with Crippen LogP contribution >= 0.6 is 12.4 Å². The van der Waals surface area contributed by atoms with Crippen molar-refractivity contribution in [3.05, 3.63) is 29.3 Å². The van der Waals surface area contributed by atoms with Crippen LogP contribution in [0.3, 0.4) is 0 Å². The average molecular weight is 304 g/mol. The molecule has 5 nitrogen and oxygen atoms in total. The summed E-state index contributed by atoms with van der Waals surface area (Å²) in [5.74, 6) is 0. The molecule has 7 heteroatoms. The molecule has 0 fully saturated rings. The highest BCUT2D eigenvalue weighted by atomic mass is 35.5. The minimum Gasteiger partial charge on any atom is -0.324 e. The Morgan fingerprint density at radius 2 is 2.00 bits per heavy atom. The zero-order valence-electron chi connectivity index (χ0n) is 11.1. The lowest BCUT2D eigenvalue weighted by Crippen LogP contribution is -2.45. The van der Waals surface area contributed by atoms with Crippen molar-refractivity contribution < 1.29 is 8.42 Å². The highest BCUT2D eigenvalue weighted by molar-refractivity contribution is 7.89. The Hall–Kier alpha value is -1.13. The second-order valence-corrected chi connectivity index (χ2v) is 6.67. The van der Waals surface area contributed by atoms with E-state index in [1.807, 2.05) is 6.07 Å². The number of aryl methyl sites for hydroxylation is 1. The molecule has 0 saturated heterocycles. The highest BCUT2D eigenvalue weighted by Gasteiger charge is 2.19. The summed E-state index contributed by atoms with van der Waals surface area (Å²) >= 11 is 0. The third-order valence-corrected chi connectivity index (χ3v) is 3.75. The van der Waals surface area contributed by atoms with Gasteiger partial charge in [0.1, 0.15) is 0 Å². The van der Waals surface area contributed by atoms with Gasteiger partial charge in [-0.05, 0) is 44.5 Å². The van der Waals surface area contributed by atoms with Crippen molar-refractivity contribution in [3.8, 4) is 6.07 Å². The van der Waals surface area contributed by atoms with Gasteiger partial charge in [0.05, 0.1) is 16.5 Å². The van der Waals surface area contributed by atoms with Gasteiger partial charge in [-0.25, -0.2) is 13.1 Å². The SMILES string of the molecule is Cc1cc(S(=O)(=O)NCC(C)(C)N)ccc1C#N.Cl. The molecule has 3 N–H and O–H groups in total. The van der Waals surface area contributed by atoms with E-state index in [4.69, 9.17) is 11.0 Å². The van der Waals surface area contributed by atoms with E-state index in [1.54, 1.807) is 20.8 Å². The molecule has 0 amide bonds. The number of nitrogens with two attached hydrogens (primary N) is 1. The van der Waals surface area contributed by atoms with Crippen molar-refractivity contribution in [3.63, 3.8) is 0 Å². The number of halogens is 1. The molecule has 0 heterocycles. The van der Waals surface area contributed by atoms with Crippen molar-refractivity contribution in [2.75, 3.05) is 6.54 Å². The number of benzene rings is 1. The molecule has 0 aliphatic heterocycles. The molecule has 0 unspecified atom stereocenters. The zero-order chi connectivity index (χ0) is 14.0. The van der Waals surface area contributed by atoms with Gasteiger partial charge >= 0.3 is 0 Å². The summed E-state index contributed by atoms with van der Waals surface area (Å²) in [5.41, 5.74) is 6.21. The molecule has 1 aromatic carbocycles. The van der Waals surface area contributed by atoms with Crippen LogP contribution in [0.2, 0.25) is 0 Å². The molecule has 19 heavy (non-hydrogen) atoms. The summed E-state index contributed by atoms with van der Waals surface area (Å²) in [6.45, 7) is 5.32. The summed E-state index contributed by atoms with van der Waals surface area (Å²) in [7, 11) is -3.58. The molecule has 0 aliphatic carbocycles. The fourth-order valence-corrected chi connectivity index (χ4v) is 2.60.